The van der Waals surface area contributed by atoms with E-state index in [1.165, 1.54) is 6.92 Å². The smallest absolute Gasteiger partial charge is 0.333 e. The van der Waals surface area contributed by atoms with Gasteiger partial charge in [-0.25, -0.2) is 9.59 Å². The number of carboxylic acid groups (broad SMARTS) is 2. The van der Waals surface area contributed by atoms with Gasteiger partial charge in [0, 0.05) is 11.1 Å². The Morgan fingerprint density at radius 3 is 1.73 bits per heavy atom. The van der Waals surface area contributed by atoms with Crippen LogP contribution in [0.25, 0.3) is 0 Å². The molecular weight excluding hydrogens is 290 g/mol. The zero-order chi connectivity index (χ0) is 17.4. The monoisotopic (exact) mass is 317 g/mol. The largest absolute Gasteiger partial charge is 0.545 e. The number of hydrogen-bond donors (Lipinski definition) is 2. The Balaban J connectivity index is -0.000000117. The van der Waals surface area contributed by atoms with E-state index in [9.17, 15) is 9.59 Å². The van der Waals surface area contributed by atoms with E-state index in [1.54, 1.807) is 6.92 Å². The van der Waals surface area contributed by atoms with Crippen molar-refractivity contribution in [3.8, 4) is 0 Å². The van der Waals surface area contributed by atoms with E-state index in [1.807, 2.05) is 0 Å². The first-order valence-electron chi connectivity index (χ1n) is 6.14. The zero-order valence-electron chi connectivity index (χ0n) is 13.8. The first-order chi connectivity index (χ1) is 9.59. The van der Waals surface area contributed by atoms with Crippen LogP contribution < -0.4 is 11.3 Å². The second-order valence-corrected chi connectivity index (χ2v) is 3.88. The quantitative estimate of drug-likeness (QED) is 0.435. The molecule has 0 aromatic rings. The molecule has 0 fully saturated rings. The van der Waals surface area contributed by atoms with Gasteiger partial charge in [-0.05, 0) is 26.3 Å². The van der Waals surface area contributed by atoms with Gasteiger partial charge in [-0.15, -0.1) is 0 Å². The Morgan fingerprint density at radius 1 is 1.18 bits per heavy atom. The number of carbonyl (C=O) groups is 3. The summed E-state index contributed by atoms with van der Waals surface area (Å²) >= 11 is 0. The van der Waals surface area contributed by atoms with Crippen LogP contribution in [0.5, 0.6) is 0 Å². The first kappa shape index (κ1) is 27.9. The van der Waals surface area contributed by atoms with Crippen molar-refractivity contribution in [2.45, 2.75) is 33.6 Å². The average Bonchev–Trinajstić information content (AvgIpc) is 2.39. The Kier molecular flexibility index (Phi) is 23.5. The van der Waals surface area contributed by atoms with Crippen LogP contribution in [0.1, 0.15) is 33.6 Å². The summed E-state index contributed by atoms with van der Waals surface area (Å²) in [6.45, 7) is 15.2. The SMILES string of the molecule is C=C(C)C(=O)O.C=C(C)C(=O)OCCCC.C=CC(=O)[O-].[NH4+]. The Labute approximate surface area is 131 Å². The van der Waals surface area contributed by atoms with Crippen molar-refractivity contribution in [3.05, 3.63) is 37.0 Å². The van der Waals surface area contributed by atoms with E-state index in [0.29, 0.717) is 12.2 Å². The molecule has 0 saturated carbocycles. The summed E-state index contributed by atoms with van der Waals surface area (Å²) in [4.78, 5) is 29.4. The van der Waals surface area contributed by atoms with Crippen LogP contribution in [-0.4, -0.2) is 29.6 Å². The maximum absolute atomic E-state index is 10.7. The summed E-state index contributed by atoms with van der Waals surface area (Å²) in [6.07, 6.45) is 2.70. The van der Waals surface area contributed by atoms with Gasteiger partial charge in [0.15, 0.2) is 0 Å². The standard InChI is InChI=1S/C8H14O2.C4H6O2.C3H4O2.H3N/c1-4-5-6-10-8(9)7(2)3;1-3(2)4(5)6;1-2-3(4)5;/h2,4-6H2,1,3H3;1H2,2H3,(H,5,6);2H,1H2,(H,4,5);1H3. The van der Waals surface area contributed by atoms with Crippen molar-refractivity contribution in [1.29, 1.82) is 0 Å². The summed E-state index contributed by atoms with van der Waals surface area (Å²) in [5.74, 6) is -2.45. The molecule has 0 aromatic carbocycles. The van der Waals surface area contributed by atoms with Crippen molar-refractivity contribution in [2.75, 3.05) is 6.61 Å². The molecule has 0 radical (unpaired) electrons. The maximum atomic E-state index is 10.7. The summed E-state index contributed by atoms with van der Waals surface area (Å²) in [5.41, 5.74) is 0.645. The van der Waals surface area contributed by atoms with Crippen LogP contribution in [0, 0.1) is 0 Å². The van der Waals surface area contributed by atoms with E-state index in [2.05, 4.69) is 26.7 Å². The Morgan fingerprint density at radius 2 is 1.55 bits per heavy atom. The zero-order valence-corrected chi connectivity index (χ0v) is 13.8. The van der Waals surface area contributed by atoms with Gasteiger partial charge in [0.1, 0.15) is 0 Å². The normalized spacial score (nSPS) is 7.59. The molecule has 7 heteroatoms. The van der Waals surface area contributed by atoms with Crippen molar-refractivity contribution in [2.24, 2.45) is 0 Å². The molecule has 0 aromatic heterocycles. The summed E-state index contributed by atoms with van der Waals surface area (Å²) in [7, 11) is 0. The van der Waals surface area contributed by atoms with E-state index in [4.69, 9.17) is 19.7 Å². The van der Waals surface area contributed by atoms with Crippen LogP contribution >= 0.6 is 0 Å². The van der Waals surface area contributed by atoms with Crippen molar-refractivity contribution in [1.82, 2.24) is 6.15 Å². The van der Waals surface area contributed by atoms with E-state index in [0.717, 1.165) is 18.9 Å². The Hall–Kier alpha value is -2.41. The molecule has 7 nitrogen and oxygen atoms in total. The second kappa shape index (κ2) is 18.6. The molecular formula is C15H27NO6. The minimum Gasteiger partial charge on any atom is -0.545 e. The highest BCUT2D eigenvalue weighted by molar-refractivity contribution is 5.86. The first-order valence-corrected chi connectivity index (χ1v) is 6.14. The molecule has 0 aliphatic heterocycles. The van der Waals surface area contributed by atoms with Gasteiger partial charge < -0.3 is 25.9 Å². The van der Waals surface area contributed by atoms with E-state index >= 15 is 0 Å². The van der Waals surface area contributed by atoms with Crippen LogP contribution in [0.15, 0.2) is 37.0 Å². The predicted octanol–water partition coefficient (Wildman–Crippen LogP) is 1.85. The lowest BCUT2D eigenvalue weighted by Crippen LogP contribution is -2.17. The van der Waals surface area contributed by atoms with Crippen LogP contribution in [0.4, 0.5) is 0 Å². The van der Waals surface area contributed by atoms with Crippen LogP contribution in [0.3, 0.4) is 0 Å². The number of ether oxygens (including phenoxy) is 1. The van der Waals surface area contributed by atoms with Crippen LogP contribution in [-0.2, 0) is 19.1 Å². The van der Waals surface area contributed by atoms with Crippen LogP contribution in [0.2, 0.25) is 0 Å². The fourth-order valence-corrected chi connectivity index (χ4v) is 0.432. The molecule has 5 N–H and O–H groups in total. The highest BCUT2D eigenvalue weighted by Gasteiger charge is 2.00. The molecule has 0 heterocycles. The van der Waals surface area contributed by atoms with E-state index < -0.39 is 11.9 Å². The summed E-state index contributed by atoms with van der Waals surface area (Å²) < 4.78 is 4.81. The highest BCUT2D eigenvalue weighted by Crippen LogP contribution is 1.94. The van der Waals surface area contributed by atoms with Gasteiger partial charge >= 0.3 is 11.9 Å². The highest BCUT2D eigenvalue weighted by atomic mass is 16.5. The summed E-state index contributed by atoms with van der Waals surface area (Å²) in [6, 6.07) is 0. The Bertz CT molecular complexity index is 375. The van der Waals surface area contributed by atoms with Crippen molar-refractivity contribution >= 4 is 17.9 Å². The minimum atomic E-state index is -1.23. The third-order valence-electron chi connectivity index (χ3n) is 1.61. The van der Waals surface area contributed by atoms with E-state index in [-0.39, 0.29) is 17.7 Å². The molecule has 0 spiro atoms. The number of rotatable bonds is 6. The topological polar surface area (TPSA) is 140 Å². The average molecular weight is 317 g/mol. The number of carboxylic acids is 2. The van der Waals surface area contributed by atoms with Gasteiger partial charge in [0.25, 0.3) is 0 Å². The number of esters is 1. The molecule has 0 amide bonds. The fourth-order valence-electron chi connectivity index (χ4n) is 0.432. The third-order valence-corrected chi connectivity index (χ3v) is 1.61. The molecule has 0 rings (SSSR count). The molecule has 0 aliphatic carbocycles. The molecule has 0 saturated heterocycles. The third kappa shape index (κ3) is 30.5. The van der Waals surface area contributed by atoms with Gasteiger partial charge in [-0.3, -0.25) is 0 Å². The number of unbranched alkanes of at least 4 members (excludes halogenated alkanes) is 1. The predicted molar refractivity (Wildman–Crippen MR) is 84.3 cm³/mol. The number of aliphatic carboxylic acids is 2. The molecule has 22 heavy (non-hydrogen) atoms. The van der Waals surface area contributed by atoms with Gasteiger partial charge in [0.2, 0.25) is 0 Å². The van der Waals surface area contributed by atoms with Crippen molar-refractivity contribution < 1.29 is 29.3 Å². The minimum absolute atomic E-state index is 0. The van der Waals surface area contributed by atoms with Crippen molar-refractivity contribution in [3.63, 3.8) is 0 Å². The lowest BCUT2D eigenvalue weighted by atomic mass is 10.3. The summed E-state index contributed by atoms with van der Waals surface area (Å²) in [5, 5.41) is 17.0. The number of quaternary nitrogens is 1. The molecule has 128 valence electrons. The molecule has 0 unspecified atom stereocenters. The lowest BCUT2D eigenvalue weighted by Gasteiger charge is -2.01. The second-order valence-electron chi connectivity index (χ2n) is 3.88. The lowest BCUT2D eigenvalue weighted by molar-refractivity contribution is -0.297. The molecule has 0 bridgehead atoms. The van der Waals surface area contributed by atoms with Gasteiger partial charge in [0.05, 0.1) is 12.6 Å². The molecule has 0 aliphatic rings. The van der Waals surface area contributed by atoms with Gasteiger partial charge in [-0.1, -0.05) is 33.1 Å². The number of carbonyl (C=O) groups excluding carboxylic acids is 2. The number of hydrogen-bond acceptors (Lipinski definition) is 5. The van der Waals surface area contributed by atoms with Gasteiger partial charge in [-0.2, -0.15) is 0 Å². The maximum Gasteiger partial charge on any atom is 0.333 e. The molecule has 0 atom stereocenters. The fraction of sp³-hybridized carbons (Fsp3) is 0.400.